The highest BCUT2D eigenvalue weighted by Gasteiger charge is 2.60. The van der Waals surface area contributed by atoms with Crippen molar-refractivity contribution < 1.29 is 23.8 Å². The molecule has 3 fully saturated rings. The number of ether oxygens (including phenoxy) is 1. The molecule has 0 unspecified atom stereocenters. The number of carbonyl (C=O) groups excluding carboxylic acids is 1. The van der Waals surface area contributed by atoms with Gasteiger partial charge in [0.1, 0.15) is 5.41 Å². The molecule has 3 aliphatic heterocycles. The van der Waals surface area contributed by atoms with Crippen molar-refractivity contribution >= 4 is 23.6 Å². The zero-order chi connectivity index (χ0) is 17.6. The molecule has 0 saturated carbocycles. The van der Waals surface area contributed by atoms with E-state index in [1.807, 2.05) is 0 Å². The van der Waals surface area contributed by atoms with E-state index in [0.29, 0.717) is 26.3 Å². The first-order valence-corrected chi connectivity index (χ1v) is 8.12. The standard InChI is InChI=1S/C15H18FN5O4/c16-10-5-17-14(19-11(10)20-1-3-25-4-2-20)21-6-9-12(22)18-7-15(9,8-21)13(23)24/h5,9H,1-4,6-8H2,(H,18,22)(H,23,24)/t9-,15+/m0/s1. The van der Waals surface area contributed by atoms with E-state index in [0.717, 1.165) is 6.20 Å². The molecule has 1 amide bonds. The van der Waals surface area contributed by atoms with Crippen molar-refractivity contribution in [3.8, 4) is 0 Å². The highest BCUT2D eigenvalue weighted by atomic mass is 19.1. The maximum Gasteiger partial charge on any atom is 0.314 e. The Labute approximate surface area is 142 Å². The third kappa shape index (κ3) is 2.48. The maximum absolute atomic E-state index is 14.2. The van der Waals surface area contributed by atoms with Gasteiger partial charge in [-0.2, -0.15) is 4.98 Å². The smallest absolute Gasteiger partial charge is 0.314 e. The van der Waals surface area contributed by atoms with E-state index >= 15 is 0 Å². The number of morpholine rings is 1. The molecule has 4 rings (SSSR count). The average Bonchev–Trinajstić information content (AvgIpc) is 3.15. The molecule has 9 nitrogen and oxygen atoms in total. The Morgan fingerprint density at radius 2 is 2.16 bits per heavy atom. The van der Waals surface area contributed by atoms with Gasteiger partial charge in [-0.25, -0.2) is 9.37 Å². The van der Waals surface area contributed by atoms with Gasteiger partial charge in [0.25, 0.3) is 0 Å². The third-order valence-corrected chi connectivity index (χ3v) is 5.17. The van der Waals surface area contributed by atoms with Crippen molar-refractivity contribution in [1.29, 1.82) is 0 Å². The van der Waals surface area contributed by atoms with E-state index in [9.17, 15) is 19.1 Å². The summed E-state index contributed by atoms with van der Waals surface area (Å²) in [6.07, 6.45) is 1.09. The van der Waals surface area contributed by atoms with E-state index < -0.39 is 23.1 Å². The van der Waals surface area contributed by atoms with Crippen LogP contribution in [0.15, 0.2) is 6.20 Å². The van der Waals surface area contributed by atoms with Gasteiger partial charge >= 0.3 is 5.97 Å². The van der Waals surface area contributed by atoms with Crippen LogP contribution in [0.1, 0.15) is 0 Å². The second-order valence-corrected chi connectivity index (χ2v) is 6.55. The van der Waals surface area contributed by atoms with Crippen LogP contribution in [0.5, 0.6) is 0 Å². The number of carboxylic acids is 1. The lowest BCUT2D eigenvalue weighted by Gasteiger charge is -2.29. The van der Waals surface area contributed by atoms with Gasteiger partial charge in [0.05, 0.1) is 25.3 Å². The molecular weight excluding hydrogens is 333 g/mol. The van der Waals surface area contributed by atoms with Crippen LogP contribution in [0.25, 0.3) is 0 Å². The van der Waals surface area contributed by atoms with Crippen LogP contribution in [0.2, 0.25) is 0 Å². The van der Waals surface area contributed by atoms with Gasteiger partial charge in [0, 0.05) is 32.7 Å². The summed E-state index contributed by atoms with van der Waals surface area (Å²) in [6.45, 7) is 2.43. The molecule has 1 aromatic rings. The van der Waals surface area contributed by atoms with Crippen LogP contribution >= 0.6 is 0 Å². The molecule has 2 atom stereocenters. The largest absolute Gasteiger partial charge is 0.481 e. The Bertz CT molecular complexity index is 726. The van der Waals surface area contributed by atoms with Crippen LogP contribution < -0.4 is 15.1 Å². The molecule has 25 heavy (non-hydrogen) atoms. The number of aliphatic carboxylic acids is 1. The van der Waals surface area contributed by atoms with Gasteiger partial charge in [0.15, 0.2) is 11.6 Å². The Hall–Kier alpha value is -2.49. The number of nitrogens with zero attached hydrogens (tertiary/aromatic N) is 4. The lowest BCUT2D eigenvalue weighted by Crippen LogP contribution is -2.40. The highest BCUT2D eigenvalue weighted by Crippen LogP contribution is 2.41. The molecule has 3 saturated heterocycles. The number of rotatable bonds is 3. The average molecular weight is 351 g/mol. The van der Waals surface area contributed by atoms with Crippen molar-refractivity contribution in [2.75, 3.05) is 55.7 Å². The minimum absolute atomic E-state index is 0.0832. The Morgan fingerprint density at radius 3 is 2.84 bits per heavy atom. The molecule has 0 bridgehead atoms. The molecular formula is C15H18FN5O4. The zero-order valence-electron chi connectivity index (χ0n) is 13.4. The number of halogens is 1. The number of fused-ring (bicyclic) bond motifs is 1. The quantitative estimate of drug-likeness (QED) is 0.721. The molecule has 0 spiro atoms. The van der Waals surface area contributed by atoms with Crippen molar-refractivity contribution in [1.82, 2.24) is 15.3 Å². The van der Waals surface area contributed by atoms with E-state index in [4.69, 9.17) is 4.74 Å². The Balaban J connectivity index is 1.63. The first kappa shape index (κ1) is 16.0. The first-order valence-electron chi connectivity index (χ1n) is 8.12. The van der Waals surface area contributed by atoms with Gasteiger partial charge in [-0.1, -0.05) is 0 Å². The second-order valence-electron chi connectivity index (χ2n) is 6.55. The van der Waals surface area contributed by atoms with Crippen LogP contribution in [-0.2, 0) is 14.3 Å². The topological polar surface area (TPSA) is 108 Å². The second kappa shape index (κ2) is 5.80. The highest BCUT2D eigenvalue weighted by molar-refractivity contribution is 5.93. The lowest BCUT2D eigenvalue weighted by atomic mass is 9.81. The number of amides is 1. The Kier molecular flexibility index (Phi) is 3.71. The summed E-state index contributed by atoms with van der Waals surface area (Å²) in [5.74, 6) is -2.07. The summed E-state index contributed by atoms with van der Waals surface area (Å²) in [4.78, 5) is 35.5. The molecule has 10 heteroatoms. The van der Waals surface area contributed by atoms with Crippen LogP contribution in [0.3, 0.4) is 0 Å². The number of aromatic nitrogens is 2. The number of nitrogens with one attached hydrogen (secondary N) is 1. The first-order chi connectivity index (χ1) is 12.0. The van der Waals surface area contributed by atoms with Crippen molar-refractivity contribution in [2.24, 2.45) is 11.3 Å². The Morgan fingerprint density at radius 1 is 1.40 bits per heavy atom. The SMILES string of the molecule is O=C1NC[C@@]2(C(=O)O)CN(c3ncc(F)c(N4CCOCC4)n3)C[C@@H]12. The van der Waals surface area contributed by atoms with Crippen LogP contribution in [0.4, 0.5) is 16.2 Å². The van der Waals surface area contributed by atoms with E-state index in [1.165, 1.54) is 0 Å². The fourth-order valence-corrected chi connectivity index (χ4v) is 3.73. The predicted molar refractivity (Wildman–Crippen MR) is 83.8 cm³/mol. The zero-order valence-corrected chi connectivity index (χ0v) is 13.4. The summed E-state index contributed by atoms with van der Waals surface area (Å²) in [5, 5.41) is 12.2. The summed E-state index contributed by atoms with van der Waals surface area (Å²) in [7, 11) is 0. The number of anilines is 2. The number of hydrogen-bond donors (Lipinski definition) is 2. The number of carboxylic acid groups (broad SMARTS) is 1. The van der Waals surface area contributed by atoms with Crippen molar-refractivity contribution in [2.45, 2.75) is 0 Å². The van der Waals surface area contributed by atoms with Gasteiger partial charge in [-0.15, -0.1) is 0 Å². The fraction of sp³-hybridized carbons (Fsp3) is 0.600. The van der Waals surface area contributed by atoms with Crippen LogP contribution in [-0.4, -0.2) is 72.9 Å². The molecule has 0 aromatic carbocycles. The molecule has 1 aromatic heterocycles. The summed E-state index contributed by atoms with van der Waals surface area (Å²) < 4.78 is 19.4. The molecule has 134 valence electrons. The van der Waals surface area contributed by atoms with Gasteiger partial charge in [-0.05, 0) is 0 Å². The summed E-state index contributed by atoms with van der Waals surface area (Å²) in [5.41, 5.74) is -1.19. The van der Waals surface area contributed by atoms with Crippen molar-refractivity contribution in [3.63, 3.8) is 0 Å². The normalized spacial score (nSPS) is 28.8. The summed E-state index contributed by atoms with van der Waals surface area (Å²) in [6, 6.07) is 0. The molecule has 4 heterocycles. The van der Waals surface area contributed by atoms with Gasteiger partial charge < -0.3 is 25.0 Å². The predicted octanol–water partition coefficient (Wildman–Crippen LogP) is -0.911. The van der Waals surface area contributed by atoms with E-state index in [1.54, 1.807) is 9.80 Å². The maximum atomic E-state index is 14.2. The molecule has 0 radical (unpaired) electrons. The van der Waals surface area contributed by atoms with Crippen molar-refractivity contribution in [3.05, 3.63) is 12.0 Å². The van der Waals surface area contributed by atoms with Gasteiger partial charge in [-0.3, -0.25) is 9.59 Å². The lowest BCUT2D eigenvalue weighted by molar-refractivity contribution is -0.149. The van der Waals surface area contributed by atoms with E-state index in [-0.39, 0.29) is 37.3 Å². The fourth-order valence-electron chi connectivity index (χ4n) is 3.73. The van der Waals surface area contributed by atoms with Crippen LogP contribution in [0, 0.1) is 17.2 Å². The van der Waals surface area contributed by atoms with E-state index in [2.05, 4.69) is 15.3 Å². The van der Waals surface area contributed by atoms with Gasteiger partial charge in [0.2, 0.25) is 11.9 Å². The number of carbonyl (C=O) groups is 2. The monoisotopic (exact) mass is 351 g/mol. The minimum atomic E-state index is -1.19. The minimum Gasteiger partial charge on any atom is -0.481 e. The molecule has 0 aliphatic carbocycles. The number of hydrogen-bond acceptors (Lipinski definition) is 7. The summed E-state index contributed by atoms with van der Waals surface area (Å²) >= 11 is 0. The molecule has 3 aliphatic rings. The molecule has 2 N–H and O–H groups in total. The third-order valence-electron chi connectivity index (χ3n) is 5.17.